The molecule has 0 aliphatic rings. The Bertz CT molecular complexity index is 229. The molecule has 0 aromatic carbocycles. The summed E-state index contributed by atoms with van der Waals surface area (Å²) in [5.41, 5.74) is 0. The first-order chi connectivity index (χ1) is 5.84. The maximum Gasteiger partial charge on any atom is 0.0910 e. The van der Waals surface area contributed by atoms with Crippen molar-refractivity contribution in [2.24, 2.45) is 0 Å². The molecular weight excluding hydrogens is 188 g/mol. The highest BCUT2D eigenvalue weighted by Gasteiger charge is 2.02. The average molecular weight is 202 g/mol. The SMILES string of the molecule is CCCCC[S@@](=O)c1cccs1. The third-order valence-corrected chi connectivity index (χ3v) is 4.41. The fourth-order valence-corrected chi connectivity index (χ4v) is 3.17. The minimum absolute atomic E-state index is 0.735. The molecule has 0 saturated heterocycles. The second-order valence-corrected chi connectivity index (χ2v) is 5.43. The predicted molar refractivity (Wildman–Crippen MR) is 55.1 cm³/mol. The van der Waals surface area contributed by atoms with E-state index in [1.54, 1.807) is 11.3 Å². The Kier molecular flexibility index (Phi) is 4.54. The number of thiophene rings is 1. The quantitative estimate of drug-likeness (QED) is 0.671. The molecule has 1 aromatic heterocycles. The van der Waals surface area contributed by atoms with E-state index in [2.05, 4.69) is 6.92 Å². The van der Waals surface area contributed by atoms with Gasteiger partial charge in [-0.25, -0.2) is 0 Å². The lowest BCUT2D eigenvalue weighted by Crippen LogP contribution is -1.95. The van der Waals surface area contributed by atoms with Crippen LogP contribution in [0.15, 0.2) is 21.7 Å². The van der Waals surface area contributed by atoms with Crippen molar-refractivity contribution in [3.8, 4) is 0 Å². The van der Waals surface area contributed by atoms with Gasteiger partial charge in [0.05, 0.1) is 15.0 Å². The van der Waals surface area contributed by atoms with Crippen LogP contribution in [-0.4, -0.2) is 9.96 Å². The fraction of sp³-hybridized carbons (Fsp3) is 0.556. The van der Waals surface area contributed by atoms with Crippen LogP contribution in [0, 0.1) is 0 Å². The Morgan fingerprint density at radius 1 is 1.50 bits per heavy atom. The van der Waals surface area contributed by atoms with E-state index < -0.39 is 10.8 Å². The zero-order valence-electron chi connectivity index (χ0n) is 7.29. The van der Waals surface area contributed by atoms with E-state index in [0.717, 1.165) is 16.4 Å². The Hall–Kier alpha value is -0.150. The normalized spacial score (nSPS) is 13.1. The summed E-state index contributed by atoms with van der Waals surface area (Å²) in [5.74, 6) is 0.828. The van der Waals surface area contributed by atoms with Gasteiger partial charge >= 0.3 is 0 Å². The average Bonchev–Trinajstić information content (AvgIpc) is 2.56. The van der Waals surface area contributed by atoms with E-state index in [0.29, 0.717) is 0 Å². The van der Waals surface area contributed by atoms with Crippen LogP contribution in [0.25, 0.3) is 0 Å². The van der Waals surface area contributed by atoms with Crippen molar-refractivity contribution in [3.63, 3.8) is 0 Å². The molecule has 1 heterocycles. The first-order valence-electron chi connectivity index (χ1n) is 4.26. The van der Waals surface area contributed by atoms with Crippen molar-refractivity contribution >= 4 is 22.1 Å². The van der Waals surface area contributed by atoms with Crippen molar-refractivity contribution < 1.29 is 4.21 Å². The third-order valence-electron chi connectivity index (χ3n) is 1.65. The van der Waals surface area contributed by atoms with E-state index in [-0.39, 0.29) is 0 Å². The maximum atomic E-state index is 11.5. The van der Waals surface area contributed by atoms with Gasteiger partial charge in [0.25, 0.3) is 0 Å². The molecule has 3 heteroatoms. The van der Waals surface area contributed by atoms with Crippen LogP contribution < -0.4 is 0 Å². The van der Waals surface area contributed by atoms with Crippen molar-refractivity contribution in [1.29, 1.82) is 0 Å². The van der Waals surface area contributed by atoms with Crippen LogP contribution in [0.3, 0.4) is 0 Å². The molecule has 0 saturated carbocycles. The van der Waals surface area contributed by atoms with Gasteiger partial charge in [0.15, 0.2) is 0 Å². The van der Waals surface area contributed by atoms with Gasteiger partial charge in [0, 0.05) is 5.75 Å². The smallest absolute Gasteiger partial charge is 0.0910 e. The molecule has 0 aliphatic carbocycles. The summed E-state index contributed by atoms with van der Waals surface area (Å²) in [6.45, 7) is 2.16. The largest absolute Gasteiger partial charge is 0.254 e. The Morgan fingerprint density at radius 3 is 2.92 bits per heavy atom. The molecule has 1 atom stereocenters. The summed E-state index contributed by atoms with van der Waals surface area (Å²) in [6.07, 6.45) is 3.47. The molecule has 0 N–H and O–H groups in total. The van der Waals surface area contributed by atoms with Crippen LogP contribution >= 0.6 is 11.3 Å². The van der Waals surface area contributed by atoms with Crippen LogP contribution in [0.1, 0.15) is 26.2 Å². The van der Waals surface area contributed by atoms with E-state index in [1.165, 1.54) is 12.8 Å². The van der Waals surface area contributed by atoms with Gasteiger partial charge in [0.1, 0.15) is 0 Å². The highest BCUT2D eigenvalue weighted by Crippen LogP contribution is 2.14. The van der Waals surface area contributed by atoms with Crippen molar-refractivity contribution in [2.45, 2.75) is 30.4 Å². The summed E-state index contributed by atoms with van der Waals surface area (Å²) in [6, 6.07) is 3.91. The van der Waals surface area contributed by atoms with Gasteiger partial charge in [-0.2, -0.15) is 0 Å². The number of unbranched alkanes of at least 4 members (excludes halogenated alkanes) is 2. The van der Waals surface area contributed by atoms with Crippen molar-refractivity contribution in [2.75, 3.05) is 5.75 Å². The second-order valence-electron chi connectivity index (χ2n) is 2.69. The highest BCUT2D eigenvalue weighted by atomic mass is 32.2. The minimum atomic E-state index is -0.735. The minimum Gasteiger partial charge on any atom is -0.254 e. The highest BCUT2D eigenvalue weighted by molar-refractivity contribution is 7.87. The van der Waals surface area contributed by atoms with Crippen LogP contribution in [-0.2, 0) is 10.8 Å². The van der Waals surface area contributed by atoms with Crippen molar-refractivity contribution in [3.05, 3.63) is 17.5 Å². The van der Waals surface area contributed by atoms with Crippen LogP contribution in [0.5, 0.6) is 0 Å². The lowest BCUT2D eigenvalue weighted by atomic mass is 10.3. The van der Waals surface area contributed by atoms with Gasteiger partial charge in [-0.15, -0.1) is 11.3 Å². The molecule has 68 valence electrons. The molecule has 1 rings (SSSR count). The van der Waals surface area contributed by atoms with Gasteiger partial charge in [-0.05, 0) is 17.9 Å². The predicted octanol–water partition coefficient (Wildman–Crippen LogP) is 3.05. The molecule has 0 aliphatic heterocycles. The molecule has 0 bridgehead atoms. The molecular formula is C9H14OS2. The first-order valence-corrected chi connectivity index (χ1v) is 6.46. The summed E-state index contributed by atoms with van der Waals surface area (Å²) < 4.78 is 12.5. The molecule has 1 nitrogen and oxygen atoms in total. The molecule has 12 heavy (non-hydrogen) atoms. The van der Waals surface area contributed by atoms with E-state index >= 15 is 0 Å². The topological polar surface area (TPSA) is 17.1 Å². The fourth-order valence-electron chi connectivity index (χ4n) is 0.977. The van der Waals surface area contributed by atoms with Gasteiger partial charge in [-0.3, -0.25) is 4.21 Å². The lowest BCUT2D eigenvalue weighted by molar-refractivity contribution is 0.677. The zero-order chi connectivity index (χ0) is 8.81. The standard InChI is InChI=1S/C9H14OS2/c1-2-3-4-8-12(10)9-6-5-7-11-9/h5-7H,2-4,8H2,1H3/t12-/m1/s1. The Labute approximate surface area is 80.3 Å². The van der Waals surface area contributed by atoms with Crippen LogP contribution in [0.4, 0.5) is 0 Å². The van der Waals surface area contributed by atoms with E-state index in [9.17, 15) is 4.21 Å². The zero-order valence-corrected chi connectivity index (χ0v) is 8.92. The van der Waals surface area contributed by atoms with Crippen LogP contribution in [0.2, 0.25) is 0 Å². The summed E-state index contributed by atoms with van der Waals surface area (Å²) in [5, 5.41) is 1.98. The maximum absolute atomic E-state index is 11.5. The molecule has 0 radical (unpaired) electrons. The summed E-state index contributed by atoms with van der Waals surface area (Å²) in [4.78, 5) is 0. The molecule has 0 amide bonds. The number of hydrogen-bond acceptors (Lipinski definition) is 2. The first kappa shape index (κ1) is 9.93. The van der Waals surface area contributed by atoms with E-state index in [1.807, 2.05) is 17.5 Å². The van der Waals surface area contributed by atoms with Gasteiger partial charge < -0.3 is 0 Å². The van der Waals surface area contributed by atoms with Crippen molar-refractivity contribution in [1.82, 2.24) is 0 Å². The summed E-state index contributed by atoms with van der Waals surface area (Å²) >= 11 is 1.59. The lowest BCUT2D eigenvalue weighted by Gasteiger charge is -1.96. The molecule has 1 aromatic rings. The number of hydrogen-bond donors (Lipinski definition) is 0. The number of rotatable bonds is 5. The van der Waals surface area contributed by atoms with E-state index in [4.69, 9.17) is 0 Å². The Balaban J connectivity index is 2.30. The van der Waals surface area contributed by atoms with Gasteiger partial charge in [0.2, 0.25) is 0 Å². The molecule has 0 spiro atoms. The monoisotopic (exact) mass is 202 g/mol. The Morgan fingerprint density at radius 2 is 2.33 bits per heavy atom. The summed E-state index contributed by atoms with van der Waals surface area (Å²) in [7, 11) is -0.735. The second kappa shape index (κ2) is 5.49. The third kappa shape index (κ3) is 3.07. The van der Waals surface area contributed by atoms with Gasteiger partial charge in [-0.1, -0.05) is 25.8 Å². The molecule has 0 fully saturated rings. The molecule has 0 unspecified atom stereocenters.